The molecule has 0 spiro atoms. The summed E-state index contributed by atoms with van der Waals surface area (Å²) in [6, 6.07) is 8.21. The Morgan fingerprint density at radius 2 is 1.81 bits per heavy atom. The van der Waals surface area contributed by atoms with E-state index in [1.54, 1.807) is 25.1 Å². The molecule has 0 saturated heterocycles. The summed E-state index contributed by atoms with van der Waals surface area (Å²) >= 11 is 0. The minimum atomic E-state index is -4.49. The van der Waals surface area contributed by atoms with Crippen LogP contribution in [0.4, 0.5) is 13.2 Å². The lowest BCUT2D eigenvalue weighted by atomic mass is 9.98. The Morgan fingerprint density at radius 1 is 1.10 bits per heavy atom. The molecule has 1 N–H and O–H groups in total. The zero-order valence-corrected chi connectivity index (χ0v) is 11.7. The first-order valence-electron chi connectivity index (χ1n) is 6.46. The van der Waals surface area contributed by atoms with Crippen LogP contribution in [-0.2, 0) is 6.18 Å². The maximum absolute atomic E-state index is 12.8. The molecule has 0 aliphatic heterocycles. The molecule has 0 aliphatic rings. The molecule has 2 aromatic rings. The predicted octanol–water partition coefficient (Wildman–Crippen LogP) is 4.79. The molecule has 0 saturated carbocycles. The van der Waals surface area contributed by atoms with E-state index in [2.05, 4.69) is 0 Å². The van der Waals surface area contributed by atoms with Crippen molar-refractivity contribution < 1.29 is 23.0 Å². The third kappa shape index (κ3) is 3.48. The molecule has 0 fully saturated rings. The number of aromatic hydroxyl groups is 1. The molecular weight excluding hydrogens is 281 g/mol. The van der Waals surface area contributed by atoms with Gasteiger partial charge in [0.1, 0.15) is 11.5 Å². The average molecular weight is 296 g/mol. The Balaban J connectivity index is 2.49. The summed E-state index contributed by atoms with van der Waals surface area (Å²) in [5.74, 6) is 0.253. The molecule has 5 heteroatoms. The van der Waals surface area contributed by atoms with E-state index >= 15 is 0 Å². The molecule has 0 aromatic heterocycles. The van der Waals surface area contributed by atoms with Crippen LogP contribution in [0.5, 0.6) is 11.5 Å². The van der Waals surface area contributed by atoms with Gasteiger partial charge in [0.2, 0.25) is 0 Å². The molecule has 0 bridgehead atoms. The highest BCUT2D eigenvalue weighted by Crippen LogP contribution is 2.36. The van der Waals surface area contributed by atoms with Gasteiger partial charge in [0.25, 0.3) is 0 Å². The maximum atomic E-state index is 12.8. The van der Waals surface area contributed by atoms with E-state index in [1.165, 1.54) is 6.07 Å². The van der Waals surface area contributed by atoms with Crippen molar-refractivity contribution in [3.63, 3.8) is 0 Å². The second-order valence-electron chi connectivity index (χ2n) is 4.68. The van der Waals surface area contributed by atoms with Crippen LogP contribution in [0.3, 0.4) is 0 Å². The third-order valence-corrected chi connectivity index (χ3v) is 3.06. The van der Waals surface area contributed by atoms with Crippen LogP contribution in [0, 0.1) is 6.92 Å². The highest BCUT2D eigenvalue weighted by molar-refractivity contribution is 5.70. The van der Waals surface area contributed by atoms with Crippen LogP contribution in [0.25, 0.3) is 11.1 Å². The van der Waals surface area contributed by atoms with Crippen LogP contribution >= 0.6 is 0 Å². The van der Waals surface area contributed by atoms with E-state index in [0.717, 1.165) is 11.6 Å². The summed E-state index contributed by atoms with van der Waals surface area (Å²) in [5.41, 5.74) is 0.855. The Bertz CT molecular complexity index is 648. The monoisotopic (exact) mass is 296 g/mol. The number of alkyl halides is 3. The van der Waals surface area contributed by atoms with E-state index in [1.807, 2.05) is 6.92 Å². The molecule has 112 valence electrons. The fraction of sp³-hybridized carbons (Fsp3) is 0.250. The van der Waals surface area contributed by atoms with E-state index < -0.39 is 17.5 Å². The van der Waals surface area contributed by atoms with Gasteiger partial charge >= 0.3 is 6.18 Å². The summed E-state index contributed by atoms with van der Waals surface area (Å²) in [4.78, 5) is 0. The van der Waals surface area contributed by atoms with Gasteiger partial charge in [0.05, 0.1) is 12.2 Å². The number of aryl methyl sites for hydroxylation is 1. The summed E-state index contributed by atoms with van der Waals surface area (Å²) < 4.78 is 43.7. The highest BCUT2D eigenvalue weighted by Gasteiger charge is 2.31. The van der Waals surface area contributed by atoms with Crippen molar-refractivity contribution in [2.45, 2.75) is 20.0 Å². The van der Waals surface area contributed by atoms with Crippen molar-refractivity contribution in [1.82, 2.24) is 0 Å². The first-order valence-corrected chi connectivity index (χ1v) is 6.46. The lowest BCUT2D eigenvalue weighted by Gasteiger charge is -2.13. The molecule has 0 amide bonds. The molecule has 0 unspecified atom stereocenters. The first kappa shape index (κ1) is 15.2. The summed E-state index contributed by atoms with van der Waals surface area (Å²) in [7, 11) is 0. The van der Waals surface area contributed by atoms with E-state index in [4.69, 9.17) is 4.74 Å². The zero-order chi connectivity index (χ0) is 15.6. The van der Waals surface area contributed by atoms with Gasteiger partial charge in [-0.1, -0.05) is 6.07 Å². The highest BCUT2D eigenvalue weighted by atomic mass is 19.4. The van der Waals surface area contributed by atoms with E-state index in [0.29, 0.717) is 29.5 Å². The van der Waals surface area contributed by atoms with E-state index in [-0.39, 0.29) is 0 Å². The summed E-state index contributed by atoms with van der Waals surface area (Å²) in [6.07, 6.45) is -4.49. The van der Waals surface area contributed by atoms with Gasteiger partial charge in [-0.15, -0.1) is 0 Å². The summed E-state index contributed by atoms with van der Waals surface area (Å²) in [5, 5.41) is 9.52. The molecule has 0 radical (unpaired) electrons. The van der Waals surface area contributed by atoms with Crippen molar-refractivity contribution in [1.29, 1.82) is 0 Å². The molecular formula is C16H15F3O2. The maximum Gasteiger partial charge on any atom is 0.416 e. The first-order chi connectivity index (χ1) is 9.81. The number of benzene rings is 2. The Kier molecular flexibility index (Phi) is 4.11. The lowest BCUT2D eigenvalue weighted by molar-refractivity contribution is -0.137. The fourth-order valence-corrected chi connectivity index (χ4v) is 2.15. The average Bonchev–Trinajstić information content (AvgIpc) is 2.37. The second kappa shape index (κ2) is 5.68. The number of halogens is 3. The number of phenolic OH excluding ortho intramolecular Hbond substituents is 1. The van der Waals surface area contributed by atoms with Crippen molar-refractivity contribution in [2.24, 2.45) is 0 Å². The van der Waals surface area contributed by atoms with Gasteiger partial charge in [-0.3, -0.25) is 0 Å². The quantitative estimate of drug-likeness (QED) is 0.882. The third-order valence-electron chi connectivity index (χ3n) is 3.06. The van der Waals surface area contributed by atoms with Gasteiger partial charge in [0.15, 0.2) is 0 Å². The number of rotatable bonds is 3. The normalized spacial score (nSPS) is 11.5. The van der Waals surface area contributed by atoms with Crippen LogP contribution in [-0.4, -0.2) is 11.7 Å². The van der Waals surface area contributed by atoms with Gasteiger partial charge in [-0.2, -0.15) is 13.2 Å². The van der Waals surface area contributed by atoms with Crippen LogP contribution in [0.15, 0.2) is 36.4 Å². The zero-order valence-electron chi connectivity index (χ0n) is 11.7. The van der Waals surface area contributed by atoms with Crippen molar-refractivity contribution in [3.05, 3.63) is 47.5 Å². The van der Waals surface area contributed by atoms with Gasteiger partial charge in [-0.05, 0) is 60.9 Å². The largest absolute Gasteiger partial charge is 0.508 e. The molecule has 2 nitrogen and oxygen atoms in total. The van der Waals surface area contributed by atoms with Gasteiger partial charge in [0, 0.05) is 0 Å². The van der Waals surface area contributed by atoms with Crippen LogP contribution < -0.4 is 4.74 Å². The number of phenols is 1. The van der Waals surface area contributed by atoms with Crippen molar-refractivity contribution in [3.8, 4) is 22.6 Å². The minimum Gasteiger partial charge on any atom is -0.508 e. The van der Waals surface area contributed by atoms with Crippen LogP contribution in [0.1, 0.15) is 18.1 Å². The van der Waals surface area contributed by atoms with Gasteiger partial charge < -0.3 is 9.84 Å². The smallest absolute Gasteiger partial charge is 0.416 e. The Morgan fingerprint density at radius 3 is 2.38 bits per heavy atom. The Labute approximate surface area is 120 Å². The number of ether oxygens (including phenoxy) is 1. The molecule has 0 aliphatic carbocycles. The number of hydrogen-bond acceptors (Lipinski definition) is 2. The second-order valence-corrected chi connectivity index (χ2v) is 4.68. The van der Waals surface area contributed by atoms with E-state index in [9.17, 15) is 18.3 Å². The van der Waals surface area contributed by atoms with Crippen molar-refractivity contribution >= 4 is 0 Å². The van der Waals surface area contributed by atoms with Crippen molar-refractivity contribution in [2.75, 3.05) is 6.61 Å². The fourth-order valence-electron chi connectivity index (χ4n) is 2.15. The predicted molar refractivity (Wildman–Crippen MR) is 74.5 cm³/mol. The SMILES string of the molecule is CCOc1ccc(-c2cc(O)cc(C(F)(F)F)c2)c(C)c1. The lowest BCUT2D eigenvalue weighted by Crippen LogP contribution is -2.04. The standard InChI is InChI=1S/C16H15F3O2/c1-3-21-14-4-5-15(10(2)6-14)11-7-12(16(17,18)19)9-13(20)8-11/h4-9,20H,3H2,1-2H3. The molecule has 2 aromatic carbocycles. The van der Waals surface area contributed by atoms with Crippen LogP contribution in [0.2, 0.25) is 0 Å². The molecule has 0 atom stereocenters. The molecule has 2 rings (SSSR count). The number of hydrogen-bond donors (Lipinski definition) is 1. The topological polar surface area (TPSA) is 29.5 Å². The Hall–Kier alpha value is -2.17. The molecule has 0 heterocycles. The minimum absolute atomic E-state index is 0.322. The summed E-state index contributed by atoms with van der Waals surface area (Å²) in [6.45, 7) is 4.16. The molecule has 21 heavy (non-hydrogen) atoms. The van der Waals surface area contributed by atoms with Gasteiger partial charge in [-0.25, -0.2) is 0 Å².